The largest absolute Gasteiger partial charge is 0.256 e. The maximum Gasteiger partial charge on any atom is 0.0733 e. The molecule has 0 spiro atoms. The lowest BCUT2D eigenvalue weighted by Crippen LogP contribution is -2.04. The van der Waals surface area contributed by atoms with Gasteiger partial charge in [0.05, 0.1) is 5.69 Å². The van der Waals surface area contributed by atoms with Crippen LogP contribution >= 0.6 is 0 Å². The van der Waals surface area contributed by atoms with Crippen LogP contribution in [-0.4, -0.2) is 4.98 Å². The van der Waals surface area contributed by atoms with Gasteiger partial charge in [-0.2, -0.15) is 0 Å². The van der Waals surface area contributed by atoms with Crippen molar-refractivity contribution in [3.05, 3.63) is 53.2 Å². The third kappa shape index (κ3) is 2.63. The van der Waals surface area contributed by atoms with E-state index in [-0.39, 0.29) is 0 Å². The molecule has 1 saturated carbocycles. The van der Waals surface area contributed by atoms with E-state index in [9.17, 15) is 0 Å². The lowest BCUT2D eigenvalue weighted by molar-refractivity contribution is 0.443. The number of nitrogens with zero attached hydrogens (tertiary/aromatic N) is 1. The lowest BCUT2D eigenvalue weighted by Gasteiger charge is -2.22. The summed E-state index contributed by atoms with van der Waals surface area (Å²) in [6, 6.07) is 11.2. The van der Waals surface area contributed by atoms with E-state index in [0.717, 1.165) is 11.6 Å². The molecule has 2 aromatic rings. The lowest BCUT2D eigenvalue weighted by atomic mass is 9.84. The molecule has 0 unspecified atom stereocenters. The summed E-state index contributed by atoms with van der Waals surface area (Å²) in [7, 11) is 0. The fourth-order valence-electron chi connectivity index (χ4n) is 3.27. The maximum atomic E-state index is 4.55. The highest BCUT2D eigenvalue weighted by atomic mass is 14.7. The average molecular weight is 265 g/mol. The van der Waals surface area contributed by atoms with E-state index in [1.165, 1.54) is 54.4 Å². The van der Waals surface area contributed by atoms with Gasteiger partial charge in [0.15, 0.2) is 0 Å². The molecule has 1 aromatic carbocycles. The Morgan fingerprint density at radius 2 is 1.60 bits per heavy atom. The van der Waals surface area contributed by atoms with Gasteiger partial charge in [-0.1, -0.05) is 43.5 Å². The van der Waals surface area contributed by atoms with Crippen LogP contribution in [0.5, 0.6) is 0 Å². The zero-order valence-corrected chi connectivity index (χ0v) is 12.5. The summed E-state index contributed by atoms with van der Waals surface area (Å²) in [6.45, 7) is 4.31. The van der Waals surface area contributed by atoms with E-state index in [1.807, 2.05) is 6.20 Å². The molecule has 0 saturated heterocycles. The molecule has 1 aromatic heterocycles. The summed E-state index contributed by atoms with van der Waals surface area (Å²) in [5, 5.41) is 0. The van der Waals surface area contributed by atoms with Crippen molar-refractivity contribution in [3.63, 3.8) is 0 Å². The maximum absolute atomic E-state index is 4.55. The number of benzene rings is 1. The Kier molecular flexibility index (Phi) is 3.86. The predicted octanol–water partition coefficient (Wildman–Crippen LogP) is 5.41. The molecule has 20 heavy (non-hydrogen) atoms. The van der Waals surface area contributed by atoms with Gasteiger partial charge in [0.25, 0.3) is 0 Å². The second-order valence-electron chi connectivity index (χ2n) is 6.06. The Bertz CT molecular complexity index is 577. The number of aryl methyl sites for hydroxylation is 1. The quantitative estimate of drug-likeness (QED) is 0.707. The molecule has 1 nitrogen and oxygen atoms in total. The van der Waals surface area contributed by atoms with Crippen LogP contribution in [0, 0.1) is 13.8 Å². The fraction of sp³-hybridized carbons (Fsp3) is 0.421. The number of pyridine rings is 1. The number of rotatable bonds is 2. The van der Waals surface area contributed by atoms with Gasteiger partial charge in [0.2, 0.25) is 0 Å². The first-order chi connectivity index (χ1) is 9.75. The van der Waals surface area contributed by atoms with Crippen molar-refractivity contribution in [3.8, 4) is 11.3 Å². The van der Waals surface area contributed by atoms with Crippen molar-refractivity contribution in [1.29, 1.82) is 0 Å². The van der Waals surface area contributed by atoms with Gasteiger partial charge in [0.1, 0.15) is 0 Å². The zero-order chi connectivity index (χ0) is 13.9. The van der Waals surface area contributed by atoms with Crippen LogP contribution in [0.25, 0.3) is 11.3 Å². The first-order valence-corrected chi connectivity index (χ1v) is 7.78. The minimum absolute atomic E-state index is 0.782. The number of aromatic nitrogens is 1. The van der Waals surface area contributed by atoms with E-state index in [0.29, 0.717) is 0 Å². The monoisotopic (exact) mass is 265 g/mol. The smallest absolute Gasteiger partial charge is 0.0733 e. The van der Waals surface area contributed by atoms with Gasteiger partial charge in [-0.05, 0) is 55.4 Å². The Morgan fingerprint density at radius 3 is 2.30 bits per heavy atom. The van der Waals surface area contributed by atoms with Crippen molar-refractivity contribution in [2.45, 2.75) is 51.9 Å². The normalized spacial score (nSPS) is 16.3. The molecule has 0 atom stereocenters. The summed E-state index contributed by atoms with van der Waals surface area (Å²) in [5.74, 6) is 0.782. The van der Waals surface area contributed by atoms with Crippen LogP contribution in [0.15, 0.2) is 36.5 Å². The van der Waals surface area contributed by atoms with Gasteiger partial charge in [0, 0.05) is 11.8 Å². The first-order valence-electron chi connectivity index (χ1n) is 7.78. The Morgan fingerprint density at radius 1 is 0.900 bits per heavy atom. The van der Waals surface area contributed by atoms with Gasteiger partial charge in [-0.25, -0.2) is 0 Å². The molecule has 1 fully saturated rings. The minimum Gasteiger partial charge on any atom is -0.256 e. The first kappa shape index (κ1) is 13.4. The highest BCUT2D eigenvalue weighted by Crippen LogP contribution is 2.33. The van der Waals surface area contributed by atoms with E-state index in [1.54, 1.807) is 0 Å². The van der Waals surface area contributed by atoms with Crippen molar-refractivity contribution < 1.29 is 0 Å². The third-order valence-electron chi connectivity index (χ3n) is 4.74. The van der Waals surface area contributed by atoms with Crippen molar-refractivity contribution in [1.82, 2.24) is 4.98 Å². The summed E-state index contributed by atoms with van der Waals surface area (Å²) in [4.78, 5) is 4.55. The topological polar surface area (TPSA) is 12.9 Å². The molecule has 1 heteroatoms. The Hall–Kier alpha value is -1.63. The highest BCUT2D eigenvalue weighted by molar-refractivity contribution is 5.64. The van der Waals surface area contributed by atoms with Crippen LogP contribution in [0.3, 0.4) is 0 Å². The molecule has 0 N–H and O–H groups in total. The summed E-state index contributed by atoms with van der Waals surface area (Å²) >= 11 is 0. The van der Waals surface area contributed by atoms with E-state index >= 15 is 0 Å². The summed E-state index contributed by atoms with van der Waals surface area (Å²) in [6.07, 6.45) is 8.84. The van der Waals surface area contributed by atoms with Crippen LogP contribution < -0.4 is 0 Å². The molecule has 0 radical (unpaired) electrons. The second-order valence-corrected chi connectivity index (χ2v) is 6.06. The predicted molar refractivity (Wildman–Crippen MR) is 85.0 cm³/mol. The molecule has 1 aliphatic carbocycles. The van der Waals surface area contributed by atoms with Gasteiger partial charge in [-0.15, -0.1) is 0 Å². The van der Waals surface area contributed by atoms with Crippen molar-refractivity contribution in [2.24, 2.45) is 0 Å². The zero-order valence-electron chi connectivity index (χ0n) is 12.5. The number of hydrogen-bond acceptors (Lipinski definition) is 1. The van der Waals surface area contributed by atoms with Crippen LogP contribution in [0.1, 0.15) is 54.7 Å². The number of hydrogen-bond donors (Lipinski definition) is 0. The van der Waals surface area contributed by atoms with Gasteiger partial charge < -0.3 is 0 Å². The van der Waals surface area contributed by atoms with Gasteiger partial charge in [-0.3, -0.25) is 4.98 Å². The Labute approximate surface area is 122 Å². The fourth-order valence-corrected chi connectivity index (χ4v) is 3.27. The molecule has 1 heterocycles. The molecule has 0 bridgehead atoms. The summed E-state index contributed by atoms with van der Waals surface area (Å²) < 4.78 is 0. The molecule has 104 valence electrons. The molecule has 0 aliphatic heterocycles. The SMILES string of the molecule is Cc1ccnc(-c2ccc(C3CCCCC3)cc2)c1C. The van der Waals surface area contributed by atoms with E-state index < -0.39 is 0 Å². The highest BCUT2D eigenvalue weighted by Gasteiger charge is 2.15. The van der Waals surface area contributed by atoms with Crippen LogP contribution in [0.2, 0.25) is 0 Å². The van der Waals surface area contributed by atoms with E-state index in [4.69, 9.17) is 0 Å². The third-order valence-corrected chi connectivity index (χ3v) is 4.74. The summed E-state index contributed by atoms with van der Waals surface area (Å²) in [5.41, 5.74) is 6.48. The van der Waals surface area contributed by atoms with Gasteiger partial charge >= 0.3 is 0 Å². The van der Waals surface area contributed by atoms with Crippen molar-refractivity contribution in [2.75, 3.05) is 0 Å². The van der Waals surface area contributed by atoms with Crippen LogP contribution in [-0.2, 0) is 0 Å². The second kappa shape index (κ2) is 5.78. The molecular formula is C19H23N. The molecule has 3 rings (SSSR count). The molecule has 0 amide bonds. The molecular weight excluding hydrogens is 242 g/mol. The van der Waals surface area contributed by atoms with E-state index in [2.05, 4.69) is 49.2 Å². The Balaban J connectivity index is 1.87. The van der Waals surface area contributed by atoms with Crippen molar-refractivity contribution >= 4 is 0 Å². The molecule has 1 aliphatic rings. The standard InChI is InChI=1S/C19H23N/c1-14-12-13-20-19(15(14)2)18-10-8-17(9-11-18)16-6-4-3-5-7-16/h8-13,16H,3-7H2,1-2H3. The minimum atomic E-state index is 0.782. The average Bonchev–Trinajstić information content (AvgIpc) is 2.51. The van der Waals surface area contributed by atoms with Crippen LogP contribution in [0.4, 0.5) is 0 Å².